The Labute approximate surface area is 183 Å². The van der Waals surface area contributed by atoms with Crippen LogP contribution < -0.4 is 4.74 Å². The van der Waals surface area contributed by atoms with Crippen molar-refractivity contribution < 1.29 is 19.4 Å². The maximum atomic E-state index is 13.2. The van der Waals surface area contributed by atoms with E-state index in [9.17, 15) is 14.7 Å². The van der Waals surface area contributed by atoms with Gasteiger partial charge in [-0.2, -0.15) is 0 Å². The third-order valence-electron chi connectivity index (χ3n) is 6.24. The van der Waals surface area contributed by atoms with Gasteiger partial charge in [0.1, 0.15) is 11.5 Å². The largest absolute Gasteiger partial charge is 0.507 e. The first kappa shape index (κ1) is 21.2. The summed E-state index contributed by atoms with van der Waals surface area (Å²) >= 11 is 0. The molecule has 4 rings (SSSR count). The zero-order valence-corrected chi connectivity index (χ0v) is 18.1. The summed E-state index contributed by atoms with van der Waals surface area (Å²) in [5, 5.41) is 11.2. The molecule has 0 spiro atoms. The molecule has 5 nitrogen and oxygen atoms in total. The van der Waals surface area contributed by atoms with Gasteiger partial charge in [-0.15, -0.1) is 0 Å². The zero-order chi connectivity index (χ0) is 22.0. The second-order valence-corrected chi connectivity index (χ2v) is 8.37. The molecule has 1 heterocycles. The molecular formula is C26H29NO4. The molecule has 2 aromatic rings. The number of aliphatic hydroxyl groups excluding tert-OH is 1. The molecule has 0 radical (unpaired) electrons. The van der Waals surface area contributed by atoms with E-state index in [4.69, 9.17) is 4.74 Å². The molecule has 1 N–H and O–H groups in total. The number of aryl methyl sites for hydroxylation is 1. The normalized spacial score (nSPS) is 21.5. The molecule has 1 saturated carbocycles. The molecular weight excluding hydrogens is 390 g/mol. The lowest BCUT2D eigenvalue weighted by atomic mass is 9.90. The van der Waals surface area contributed by atoms with Gasteiger partial charge in [0.2, 0.25) is 0 Å². The number of hydrogen-bond acceptors (Lipinski definition) is 4. The van der Waals surface area contributed by atoms with E-state index in [0.29, 0.717) is 17.9 Å². The van der Waals surface area contributed by atoms with E-state index in [1.807, 2.05) is 38.1 Å². The molecule has 5 heteroatoms. The van der Waals surface area contributed by atoms with E-state index >= 15 is 0 Å². The minimum Gasteiger partial charge on any atom is -0.507 e. The molecule has 1 aliphatic carbocycles. The molecule has 162 valence electrons. The number of hydrogen-bond donors (Lipinski definition) is 1. The minimum atomic E-state index is -0.608. The van der Waals surface area contributed by atoms with Crippen molar-refractivity contribution in [1.82, 2.24) is 4.90 Å². The van der Waals surface area contributed by atoms with Gasteiger partial charge in [0.15, 0.2) is 0 Å². The first-order valence-corrected chi connectivity index (χ1v) is 11.1. The van der Waals surface area contributed by atoms with Crippen LogP contribution in [0.4, 0.5) is 0 Å². The number of nitrogens with zero attached hydrogens (tertiary/aromatic N) is 1. The van der Waals surface area contributed by atoms with E-state index in [0.717, 1.165) is 43.2 Å². The van der Waals surface area contributed by atoms with Crippen molar-refractivity contribution in [3.8, 4) is 5.75 Å². The topological polar surface area (TPSA) is 66.8 Å². The fourth-order valence-corrected chi connectivity index (χ4v) is 4.78. The van der Waals surface area contributed by atoms with Crippen LogP contribution in [-0.4, -0.2) is 34.3 Å². The van der Waals surface area contributed by atoms with Gasteiger partial charge in [-0.25, -0.2) is 0 Å². The maximum Gasteiger partial charge on any atom is 0.295 e. The van der Waals surface area contributed by atoms with Crippen molar-refractivity contribution in [3.05, 3.63) is 70.8 Å². The number of ether oxygens (including phenoxy) is 1. The summed E-state index contributed by atoms with van der Waals surface area (Å²) in [7, 11) is 0. The summed E-state index contributed by atoms with van der Waals surface area (Å²) in [5.74, 6) is -0.558. The number of likely N-dealkylation sites (tertiary alicyclic amines) is 1. The van der Waals surface area contributed by atoms with E-state index in [2.05, 4.69) is 0 Å². The van der Waals surface area contributed by atoms with E-state index in [-0.39, 0.29) is 17.4 Å². The fraction of sp³-hybridized carbons (Fsp3) is 0.385. The summed E-state index contributed by atoms with van der Waals surface area (Å²) in [6, 6.07) is 14.3. The second-order valence-electron chi connectivity index (χ2n) is 8.37. The lowest BCUT2D eigenvalue weighted by Gasteiger charge is -2.35. The Balaban J connectivity index is 1.82. The number of carbonyl (C=O) groups is 2. The average molecular weight is 420 g/mol. The molecule has 0 bridgehead atoms. The van der Waals surface area contributed by atoms with Crippen LogP contribution in [0.15, 0.2) is 54.1 Å². The molecule has 2 aliphatic rings. The maximum absolute atomic E-state index is 13.2. The van der Waals surface area contributed by atoms with Crippen molar-refractivity contribution in [2.45, 2.75) is 58.0 Å². The first-order valence-electron chi connectivity index (χ1n) is 11.1. The van der Waals surface area contributed by atoms with Gasteiger partial charge in [0, 0.05) is 11.6 Å². The van der Waals surface area contributed by atoms with Crippen LogP contribution in [0, 0.1) is 6.92 Å². The highest BCUT2D eigenvalue weighted by atomic mass is 16.5. The Morgan fingerprint density at radius 1 is 1.06 bits per heavy atom. The van der Waals surface area contributed by atoms with Gasteiger partial charge in [-0.3, -0.25) is 9.59 Å². The van der Waals surface area contributed by atoms with E-state index < -0.39 is 17.7 Å². The van der Waals surface area contributed by atoms with Crippen LogP contribution in [-0.2, 0) is 9.59 Å². The molecule has 1 saturated heterocycles. The van der Waals surface area contributed by atoms with Crippen LogP contribution in [0.2, 0.25) is 0 Å². The van der Waals surface area contributed by atoms with Crippen molar-refractivity contribution in [3.63, 3.8) is 0 Å². The number of rotatable bonds is 5. The number of carbonyl (C=O) groups excluding carboxylic acids is 2. The van der Waals surface area contributed by atoms with E-state index in [1.165, 1.54) is 0 Å². The summed E-state index contributed by atoms with van der Waals surface area (Å²) in [6.45, 7) is 4.44. The highest BCUT2D eigenvalue weighted by molar-refractivity contribution is 6.46. The molecule has 31 heavy (non-hydrogen) atoms. The average Bonchev–Trinajstić information content (AvgIpc) is 3.05. The molecule has 2 aromatic carbocycles. The third kappa shape index (κ3) is 4.09. The number of Topliss-reactive ketones (excluding diaryl/α,β-unsaturated/α-hetero) is 1. The monoisotopic (exact) mass is 419 g/mol. The summed E-state index contributed by atoms with van der Waals surface area (Å²) in [4.78, 5) is 28.1. The van der Waals surface area contributed by atoms with Gasteiger partial charge in [0.25, 0.3) is 11.7 Å². The van der Waals surface area contributed by atoms with Gasteiger partial charge in [0.05, 0.1) is 18.2 Å². The molecule has 1 unspecified atom stereocenters. The molecule has 1 aliphatic heterocycles. The number of ketones is 1. The van der Waals surface area contributed by atoms with Crippen molar-refractivity contribution in [1.29, 1.82) is 0 Å². The Morgan fingerprint density at radius 3 is 2.42 bits per heavy atom. The number of aliphatic hydroxyl groups is 1. The van der Waals surface area contributed by atoms with Crippen molar-refractivity contribution in [2.75, 3.05) is 6.61 Å². The molecule has 1 atom stereocenters. The van der Waals surface area contributed by atoms with Gasteiger partial charge < -0.3 is 14.7 Å². The van der Waals surface area contributed by atoms with Crippen molar-refractivity contribution in [2.24, 2.45) is 0 Å². The predicted octanol–water partition coefficient (Wildman–Crippen LogP) is 5.15. The molecule has 2 fully saturated rings. The highest BCUT2D eigenvalue weighted by Gasteiger charge is 2.48. The fourth-order valence-electron chi connectivity index (χ4n) is 4.78. The minimum absolute atomic E-state index is 0.0151. The summed E-state index contributed by atoms with van der Waals surface area (Å²) in [5.41, 5.74) is 2.58. The second kappa shape index (κ2) is 8.96. The Bertz CT molecular complexity index is 1000. The van der Waals surface area contributed by atoms with Gasteiger partial charge in [-0.1, -0.05) is 49.1 Å². The SMILES string of the molecule is CCOc1ccc(/C(O)=C2/C(=O)C(=O)N(C3CCCCC3)C2c2cccc(C)c2)cc1. The summed E-state index contributed by atoms with van der Waals surface area (Å²) < 4.78 is 5.48. The Morgan fingerprint density at radius 2 is 1.77 bits per heavy atom. The van der Waals surface area contributed by atoms with Gasteiger partial charge in [-0.05, 0) is 56.5 Å². The first-order chi connectivity index (χ1) is 15.0. The molecule has 0 aromatic heterocycles. The van der Waals surface area contributed by atoms with Crippen LogP contribution in [0.5, 0.6) is 5.75 Å². The van der Waals surface area contributed by atoms with Crippen LogP contribution in [0.3, 0.4) is 0 Å². The lowest BCUT2D eigenvalue weighted by molar-refractivity contribution is -0.141. The smallest absolute Gasteiger partial charge is 0.295 e. The Hall–Kier alpha value is -3.08. The standard InChI is InChI=1S/C26H29NO4/c1-3-31-21-14-12-18(13-15-21)24(28)22-23(19-9-7-8-17(2)16-19)27(26(30)25(22)29)20-10-5-4-6-11-20/h7-9,12-16,20,23,28H,3-6,10-11H2,1-2H3/b24-22-. The van der Waals surface area contributed by atoms with Crippen LogP contribution >= 0.6 is 0 Å². The highest BCUT2D eigenvalue weighted by Crippen LogP contribution is 2.43. The quantitative estimate of drug-likeness (QED) is 0.414. The zero-order valence-electron chi connectivity index (χ0n) is 18.1. The van der Waals surface area contributed by atoms with Crippen LogP contribution in [0.1, 0.15) is 61.8 Å². The van der Waals surface area contributed by atoms with Crippen LogP contribution in [0.25, 0.3) is 5.76 Å². The predicted molar refractivity (Wildman–Crippen MR) is 120 cm³/mol. The van der Waals surface area contributed by atoms with Gasteiger partial charge >= 0.3 is 0 Å². The summed E-state index contributed by atoms with van der Waals surface area (Å²) in [6.07, 6.45) is 5.03. The van der Waals surface area contributed by atoms with E-state index in [1.54, 1.807) is 29.2 Å². The number of amides is 1. The molecule has 1 amide bonds. The lowest BCUT2D eigenvalue weighted by Crippen LogP contribution is -2.40. The number of benzene rings is 2. The Kier molecular flexibility index (Phi) is 6.12. The van der Waals surface area contributed by atoms with Crippen molar-refractivity contribution >= 4 is 17.4 Å². The third-order valence-corrected chi connectivity index (χ3v) is 6.24.